The number of aromatic nitrogens is 1. The Morgan fingerprint density at radius 2 is 1.90 bits per heavy atom. The summed E-state index contributed by atoms with van der Waals surface area (Å²) in [5.74, 6) is -1.05. The van der Waals surface area contributed by atoms with Crippen molar-refractivity contribution in [1.82, 2.24) is 4.57 Å². The van der Waals surface area contributed by atoms with Crippen LogP contribution in [-0.4, -0.2) is 42.7 Å². The number of para-hydroxylation sites is 1. The van der Waals surface area contributed by atoms with Gasteiger partial charge < -0.3 is 19.1 Å². The predicted molar refractivity (Wildman–Crippen MR) is 153 cm³/mol. The summed E-state index contributed by atoms with van der Waals surface area (Å²) in [7, 11) is 1.42. The van der Waals surface area contributed by atoms with Crippen LogP contribution < -0.4 is 29.3 Å². The molecule has 0 N–H and O–H groups in total. The number of carbonyl (C=O) groups excluding carboxylic acids is 3. The number of amides is 1. The topological polar surface area (TPSA) is 117 Å². The summed E-state index contributed by atoms with van der Waals surface area (Å²) in [4.78, 5) is 59.2. The zero-order valence-corrected chi connectivity index (χ0v) is 23.7. The van der Waals surface area contributed by atoms with Crippen molar-refractivity contribution in [2.24, 2.45) is 4.99 Å². The molecule has 0 bridgehead atoms. The van der Waals surface area contributed by atoms with Crippen molar-refractivity contribution in [3.8, 4) is 11.5 Å². The molecule has 0 aliphatic carbocycles. The maximum absolute atomic E-state index is 14.2. The number of anilines is 1. The Hall–Kier alpha value is -4.77. The number of thiazole rings is 1. The molecule has 0 saturated carbocycles. The fourth-order valence-corrected chi connectivity index (χ4v) is 6.20. The van der Waals surface area contributed by atoms with E-state index in [1.54, 1.807) is 43.0 Å². The first-order chi connectivity index (χ1) is 19.7. The van der Waals surface area contributed by atoms with Crippen LogP contribution in [0.5, 0.6) is 11.5 Å². The van der Waals surface area contributed by atoms with E-state index < -0.39 is 23.5 Å². The van der Waals surface area contributed by atoms with E-state index >= 15 is 0 Å². The number of hydrogen-bond donors (Lipinski definition) is 0. The Kier molecular flexibility index (Phi) is 7.46. The summed E-state index contributed by atoms with van der Waals surface area (Å²) in [5, 5.41) is 0. The standard InChI is InChI=1S/C30H27N3O7S/c1-6-14-32-20-11-9-8-10-19(20)24(27(32)35)26-28(36)33-25(18-12-13-21(40-17(4)34)22(15-18)38-5)23(29(37)39-7-2)16(3)31-30(33)41-26/h6,8-13,15,25H,1,7,14H2,2-5H3/b26-24-/t25-/m1/s1. The molecule has 1 amide bonds. The van der Waals surface area contributed by atoms with E-state index in [1.165, 1.54) is 24.7 Å². The Bertz CT molecular complexity index is 1830. The molecule has 10 nitrogen and oxygen atoms in total. The summed E-state index contributed by atoms with van der Waals surface area (Å²) in [6.07, 6.45) is 1.63. The number of esters is 2. The molecule has 3 aromatic rings. The number of allylic oxidation sites excluding steroid dienone is 1. The van der Waals surface area contributed by atoms with Gasteiger partial charge in [-0.25, -0.2) is 9.79 Å². The van der Waals surface area contributed by atoms with Gasteiger partial charge in [-0.3, -0.25) is 19.0 Å². The van der Waals surface area contributed by atoms with Crippen LogP contribution in [0.25, 0.3) is 5.57 Å². The van der Waals surface area contributed by atoms with Gasteiger partial charge in [0, 0.05) is 19.0 Å². The first-order valence-electron chi connectivity index (χ1n) is 12.8. The summed E-state index contributed by atoms with van der Waals surface area (Å²) in [6, 6.07) is 11.1. The summed E-state index contributed by atoms with van der Waals surface area (Å²) in [6.45, 7) is 8.79. The highest BCUT2D eigenvalue weighted by Gasteiger charge is 2.37. The van der Waals surface area contributed by atoms with Crippen LogP contribution in [0, 0.1) is 0 Å². The van der Waals surface area contributed by atoms with Crippen LogP contribution in [-0.2, 0) is 19.1 Å². The maximum Gasteiger partial charge on any atom is 0.338 e. The van der Waals surface area contributed by atoms with Crippen molar-refractivity contribution in [2.75, 3.05) is 25.2 Å². The second-order valence-electron chi connectivity index (χ2n) is 9.22. The van der Waals surface area contributed by atoms with Gasteiger partial charge >= 0.3 is 11.9 Å². The van der Waals surface area contributed by atoms with Gasteiger partial charge in [0.25, 0.3) is 11.5 Å². The molecule has 2 aliphatic rings. The summed E-state index contributed by atoms with van der Waals surface area (Å²) in [5.41, 5.74) is 2.16. The first kappa shape index (κ1) is 27.8. The van der Waals surface area contributed by atoms with Crippen LogP contribution in [0.1, 0.15) is 37.9 Å². The van der Waals surface area contributed by atoms with Crippen molar-refractivity contribution in [3.05, 3.63) is 97.2 Å². The quantitative estimate of drug-likeness (QED) is 0.242. The van der Waals surface area contributed by atoms with E-state index in [1.807, 2.05) is 18.2 Å². The minimum Gasteiger partial charge on any atom is -0.493 e. The molecule has 0 fully saturated rings. The lowest BCUT2D eigenvalue weighted by Crippen LogP contribution is -2.41. The van der Waals surface area contributed by atoms with Crippen molar-refractivity contribution < 1.29 is 28.6 Å². The first-order valence-corrected chi connectivity index (χ1v) is 13.6. The normalized spacial score (nSPS) is 17.0. The van der Waals surface area contributed by atoms with Gasteiger partial charge in [0.15, 0.2) is 16.3 Å². The van der Waals surface area contributed by atoms with E-state index in [9.17, 15) is 19.2 Å². The van der Waals surface area contributed by atoms with Crippen molar-refractivity contribution in [2.45, 2.75) is 26.8 Å². The highest BCUT2D eigenvalue weighted by atomic mass is 32.1. The van der Waals surface area contributed by atoms with Gasteiger partial charge in [0.05, 0.1) is 42.3 Å². The van der Waals surface area contributed by atoms with Gasteiger partial charge in [0.2, 0.25) is 0 Å². The molecule has 5 rings (SSSR count). The third kappa shape index (κ3) is 4.67. The Labute approximate surface area is 239 Å². The Morgan fingerprint density at radius 3 is 2.59 bits per heavy atom. The fraction of sp³-hybridized carbons (Fsp3) is 0.233. The zero-order chi connectivity index (χ0) is 29.4. The van der Waals surface area contributed by atoms with E-state index in [4.69, 9.17) is 14.2 Å². The molecule has 0 radical (unpaired) electrons. The van der Waals surface area contributed by atoms with Crippen LogP contribution >= 0.6 is 11.3 Å². The molecular formula is C30H27N3O7S. The molecular weight excluding hydrogens is 546 g/mol. The van der Waals surface area contributed by atoms with Crippen LogP contribution in [0.4, 0.5) is 5.69 Å². The number of ether oxygens (including phenoxy) is 3. The average molecular weight is 574 g/mol. The highest BCUT2D eigenvalue weighted by molar-refractivity contribution is 7.07. The lowest BCUT2D eigenvalue weighted by atomic mass is 9.95. The van der Waals surface area contributed by atoms with Crippen LogP contribution in [0.2, 0.25) is 0 Å². The van der Waals surface area contributed by atoms with E-state index in [-0.39, 0.29) is 46.2 Å². The smallest absolute Gasteiger partial charge is 0.338 e. The molecule has 2 aliphatic heterocycles. The SMILES string of the molecule is C=CCN1C(=O)/C(=c2\sc3n(c2=O)[C@H](c2ccc(OC(C)=O)c(OC)c2)C(C(=O)OCC)=C(C)N=3)c2ccccc21. The van der Waals surface area contributed by atoms with Crippen LogP contribution in [0.3, 0.4) is 0 Å². The number of hydrogen-bond acceptors (Lipinski definition) is 9. The highest BCUT2D eigenvalue weighted by Crippen LogP contribution is 2.37. The van der Waals surface area contributed by atoms with Gasteiger partial charge in [-0.1, -0.05) is 41.7 Å². The van der Waals surface area contributed by atoms with E-state index in [2.05, 4.69) is 11.6 Å². The van der Waals surface area contributed by atoms with E-state index in [0.29, 0.717) is 27.3 Å². The van der Waals surface area contributed by atoms with E-state index in [0.717, 1.165) is 11.3 Å². The molecule has 41 heavy (non-hydrogen) atoms. The van der Waals surface area contributed by atoms with Gasteiger partial charge in [0.1, 0.15) is 4.53 Å². The molecule has 1 atom stereocenters. The van der Waals surface area contributed by atoms with Crippen molar-refractivity contribution in [1.29, 1.82) is 0 Å². The molecule has 11 heteroatoms. The minimum absolute atomic E-state index is 0.121. The number of carbonyl (C=O) groups is 3. The Morgan fingerprint density at radius 1 is 1.15 bits per heavy atom. The number of methoxy groups -OCH3 is 1. The second kappa shape index (κ2) is 11.0. The van der Waals surface area contributed by atoms with Crippen molar-refractivity contribution >= 4 is 40.4 Å². The lowest BCUT2D eigenvalue weighted by molar-refractivity contribution is -0.139. The molecule has 210 valence electrons. The zero-order valence-electron chi connectivity index (χ0n) is 22.9. The fourth-order valence-electron chi connectivity index (χ4n) is 5.06. The number of nitrogens with zero attached hydrogens (tertiary/aromatic N) is 3. The number of benzene rings is 2. The summed E-state index contributed by atoms with van der Waals surface area (Å²) < 4.78 is 17.7. The lowest BCUT2D eigenvalue weighted by Gasteiger charge is -2.25. The molecule has 0 unspecified atom stereocenters. The number of rotatable bonds is 7. The molecule has 1 aromatic heterocycles. The molecule has 3 heterocycles. The third-order valence-electron chi connectivity index (χ3n) is 6.71. The largest absolute Gasteiger partial charge is 0.493 e. The predicted octanol–water partition coefficient (Wildman–Crippen LogP) is 2.63. The summed E-state index contributed by atoms with van der Waals surface area (Å²) >= 11 is 1.08. The monoisotopic (exact) mass is 573 g/mol. The third-order valence-corrected chi connectivity index (χ3v) is 7.77. The second-order valence-corrected chi connectivity index (χ2v) is 10.2. The van der Waals surface area contributed by atoms with Crippen LogP contribution in [0.15, 0.2) is 76.2 Å². The molecule has 0 spiro atoms. The minimum atomic E-state index is -0.948. The van der Waals surface area contributed by atoms with Gasteiger partial charge in [-0.2, -0.15) is 0 Å². The van der Waals surface area contributed by atoms with Gasteiger partial charge in [-0.15, -0.1) is 6.58 Å². The average Bonchev–Trinajstić information content (AvgIpc) is 3.40. The molecule has 2 aromatic carbocycles. The molecule has 0 saturated heterocycles. The van der Waals surface area contributed by atoms with Gasteiger partial charge in [-0.05, 0) is 37.6 Å². The maximum atomic E-state index is 14.2. The number of fused-ring (bicyclic) bond motifs is 2. The van der Waals surface area contributed by atoms with Crippen molar-refractivity contribution in [3.63, 3.8) is 0 Å². The Balaban J connectivity index is 1.80.